The van der Waals surface area contributed by atoms with Crippen LogP contribution in [0.2, 0.25) is 0 Å². The van der Waals surface area contributed by atoms with Crippen LogP contribution in [0.5, 0.6) is 0 Å². The molecule has 1 N–H and O–H groups in total. The Morgan fingerprint density at radius 3 is 2.64 bits per heavy atom. The lowest BCUT2D eigenvalue weighted by atomic mass is 10.1. The summed E-state index contributed by atoms with van der Waals surface area (Å²) < 4.78 is 27.8. The van der Waals surface area contributed by atoms with Crippen molar-refractivity contribution in [1.29, 1.82) is 0 Å². The second kappa shape index (κ2) is 7.43. The number of rotatable bonds is 5. The molecule has 7 heteroatoms. The summed E-state index contributed by atoms with van der Waals surface area (Å²) in [5.74, 6) is -0.0125. The van der Waals surface area contributed by atoms with Gasteiger partial charge in [0.05, 0.1) is 4.90 Å². The molecule has 0 spiro atoms. The molecule has 1 amide bonds. The van der Waals surface area contributed by atoms with Crippen molar-refractivity contribution in [3.05, 3.63) is 23.8 Å². The van der Waals surface area contributed by atoms with Gasteiger partial charge in [-0.05, 0) is 63.0 Å². The molecule has 0 radical (unpaired) electrons. The Kier molecular flexibility index (Phi) is 5.46. The summed E-state index contributed by atoms with van der Waals surface area (Å²) in [7, 11) is -3.52. The largest absolute Gasteiger partial charge is 0.309 e. The Balaban J connectivity index is 1.67. The van der Waals surface area contributed by atoms with Gasteiger partial charge < -0.3 is 9.80 Å². The van der Waals surface area contributed by atoms with E-state index >= 15 is 0 Å². The van der Waals surface area contributed by atoms with Crippen LogP contribution in [0.25, 0.3) is 0 Å². The first kappa shape index (κ1) is 18.4. The highest BCUT2D eigenvalue weighted by Crippen LogP contribution is 2.33. The van der Waals surface area contributed by atoms with E-state index in [4.69, 9.17) is 0 Å². The van der Waals surface area contributed by atoms with Crippen molar-refractivity contribution in [2.75, 3.05) is 31.1 Å². The van der Waals surface area contributed by atoms with Crippen LogP contribution in [0, 0.1) is 0 Å². The number of piperidine rings is 1. The summed E-state index contributed by atoms with van der Waals surface area (Å²) >= 11 is 0. The molecule has 6 nitrogen and oxygen atoms in total. The van der Waals surface area contributed by atoms with Crippen LogP contribution < -0.4 is 9.62 Å². The number of fused-ring (bicyclic) bond motifs is 1. The molecule has 0 saturated carbocycles. The minimum atomic E-state index is -3.52. The summed E-state index contributed by atoms with van der Waals surface area (Å²) in [4.78, 5) is 16.1. The SMILES string of the molecule is CC(=O)N1c2ccc(S(=O)(=O)NCCN3CCCCC3)cc2CC1C. The predicted octanol–water partition coefficient (Wildman–Crippen LogP) is 1.75. The summed E-state index contributed by atoms with van der Waals surface area (Å²) in [5, 5.41) is 0. The molecule has 2 aliphatic rings. The lowest BCUT2D eigenvalue weighted by Gasteiger charge is -2.26. The zero-order chi connectivity index (χ0) is 18.0. The van der Waals surface area contributed by atoms with Gasteiger partial charge in [0.25, 0.3) is 0 Å². The van der Waals surface area contributed by atoms with E-state index in [9.17, 15) is 13.2 Å². The number of anilines is 1. The zero-order valence-electron chi connectivity index (χ0n) is 15.0. The van der Waals surface area contributed by atoms with Crippen LogP contribution in [0.4, 0.5) is 5.69 Å². The number of benzene rings is 1. The molecule has 1 unspecified atom stereocenters. The van der Waals surface area contributed by atoms with E-state index in [-0.39, 0.29) is 16.8 Å². The molecule has 2 aliphatic heterocycles. The van der Waals surface area contributed by atoms with Crippen molar-refractivity contribution < 1.29 is 13.2 Å². The fraction of sp³-hybridized carbons (Fsp3) is 0.611. The molecule has 1 fully saturated rings. The fourth-order valence-electron chi connectivity index (χ4n) is 3.86. The third-order valence-corrected chi connectivity index (χ3v) is 6.54. The van der Waals surface area contributed by atoms with Gasteiger partial charge in [0, 0.05) is 31.7 Å². The van der Waals surface area contributed by atoms with E-state index in [1.807, 2.05) is 6.92 Å². The maximum atomic E-state index is 12.6. The van der Waals surface area contributed by atoms with Crippen molar-refractivity contribution in [2.24, 2.45) is 0 Å². The van der Waals surface area contributed by atoms with Gasteiger partial charge in [-0.15, -0.1) is 0 Å². The summed E-state index contributed by atoms with van der Waals surface area (Å²) in [6.45, 7) is 6.80. The number of sulfonamides is 1. The topological polar surface area (TPSA) is 69.7 Å². The van der Waals surface area contributed by atoms with Gasteiger partial charge in [0.15, 0.2) is 0 Å². The predicted molar refractivity (Wildman–Crippen MR) is 98.2 cm³/mol. The number of likely N-dealkylation sites (tertiary alicyclic amines) is 1. The van der Waals surface area contributed by atoms with Gasteiger partial charge in [0.2, 0.25) is 15.9 Å². The lowest BCUT2D eigenvalue weighted by molar-refractivity contribution is -0.116. The summed E-state index contributed by atoms with van der Waals surface area (Å²) in [6.07, 6.45) is 4.35. The van der Waals surface area contributed by atoms with E-state index < -0.39 is 10.0 Å². The highest BCUT2D eigenvalue weighted by atomic mass is 32.2. The average molecular weight is 365 g/mol. The molecule has 1 saturated heterocycles. The molecular formula is C18H27N3O3S. The van der Waals surface area contributed by atoms with Crippen molar-refractivity contribution in [2.45, 2.75) is 50.5 Å². The number of amides is 1. The van der Waals surface area contributed by atoms with Crippen molar-refractivity contribution in [3.8, 4) is 0 Å². The van der Waals surface area contributed by atoms with E-state index in [0.717, 1.165) is 30.9 Å². The zero-order valence-corrected chi connectivity index (χ0v) is 15.8. The van der Waals surface area contributed by atoms with Crippen LogP contribution in [0.1, 0.15) is 38.7 Å². The highest BCUT2D eigenvalue weighted by molar-refractivity contribution is 7.89. The number of hydrogen-bond donors (Lipinski definition) is 1. The Labute approximate surface area is 150 Å². The average Bonchev–Trinajstić information content (AvgIpc) is 2.90. The number of hydrogen-bond acceptors (Lipinski definition) is 4. The number of nitrogens with one attached hydrogen (secondary N) is 1. The van der Waals surface area contributed by atoms with Crippen LogP contribution >= 0.6 is 0 Å². The number of carbonyl (C=O) groups excluding carboxylic acids is 1. The second-order valence-corrected chi connectivity index (χ2v) is 8.80. The minimum absolute atomic E-state index is 0.0125. The molecule has 0 bridgehead atoms. The van der Waals surface area contributed by atoms with E-state index in [0.29, 0.717) is 13.0 Å². The highest BCUT2D eigenvalue weighted by Gasteiger charge is 2.30. The second-order valence-electron chi connectivity index (χ2n) is 7.03. The van der Waals surface area contributed by atoms with Crippen molar-refractivity contribution >= 4 is 21.6 Å². The van der Waals surface area contributed by atoms with Gasteiger partial charge in [-0.1, -0.05) is 6.42 Å². The van der Waals surface area contributed by atoms with Gasteiger partial charge in [-0.2, -0.15) is 0 Å². The first-order chi connectivity index (χ1) is 11.9. The fourth-order valence-corrected chi connectivity index (χ4v) is 4.93. The van der Waals surface area contributed by atoms with Crippen molar-refractivity contribution in [1.82, 2.24) is 9.62 Å². The molecule has 0 aliphatic carbocycles. The van der Waals surface area contributed by atoms with E-state index in [1.165, 1.54) is 19.3 Å². The normalized spacial score (nSPS) is 21.4. The van der Waals surface area contributed by atoms with E-state index in [2.05, 4.69) is 9.62 Å². The van der Waals surface area contributed by atoms with Gasteiger partial charge in [0.1, 0.15) is 0 Å². The third kappa shape index (κ3) is 4.04. The quantitative estimate of drug-likeness (QED) is 0.863. The third-order valence-electron chi connectivity index (χ3n) is 5.08. The molecule has 1 atom stereocenters. The maximum Gasteiger partial charge on any atom is 0.240 e. The monoisotopic (exact) mass is 365 g/mol. The Bertz CT molecular complexity index is 742. The standard InChI is InChI=1S/C18H27N3O3S/c1-14-12-16-13-17(6-7-18(16)21(14)15(2)22)25(23,24)19-8-11-20-9-4-3-5-10-20/h6-7,13-14,19H,3-5,8-12H2,1-2H3. The molecule has 1 aromatic carbocycles. The summed E-state index contributed by atoms with van der Waals surface area (Å²) in [5.41, 5.74) is 1.74. The van der Waals surface area contributed by atoms with Crippen molar-refractivity contribution in [3.63, 3.8) is 0 Å². The Hall–Kier alpha value is -1.44. The smallest absolute Gasteiger partial charge is 0.240 e. The molecule has 25 heavy (non-hydrogen) atoms. The van der Waals surface area contributed by atoms with Crippen LogP contribution in [-0.2, 0) is 21.2 Å². The van der Waals surface area contributed by atoms with Gasteiger partial charge in [-0.3, -0.25) is 4.79 Å². The molecule has 138 valence electrons. The number of carbonyl (C=O) groups is 1. The maximum absolute atomic E-state index is 12.6. The lowest BCUT2D eigenvalue weighted by Crippen LogP contribution is -2.37. The van der Waals surface area contributed by atoms with Crippen LogP contribution in [0.15, 0.2) is 23.1 Å². The van der Waals surface area contributed by atoms with Crippen LogP contribution in [0.3, 0.4) is 0 Å². The van der Waals surface area contributed by atoms with Gasteiger partial charge in [-0.25, -0.2) is 13.1 Å². The molecule has 0 aromatic heterocycles. The minimum Gasteiger partial charge on any atom is -0.309 e. The van der Waals surface area contributed by atoms with Crippen LogP contribution in [-0.4, -0.2) is 51.4 Å². The first-order valence-corrected chi connectivity index (χ1v) is 10.5. The van der Waals surface area contributed by atoms with E-state index in [1.54, 1.807) is 30.0 Å². The Morgan fingerprint density at radius 2 is 1.96 bits per heavy atom. The molecule has 2 heterocycles. The molecule has 1 aromatic rings. The first-order valence-electron chi connectivity index (χ1n) is 9.03. The summed E-state index contributed by atoms with van der Waals surface area (Å²) in [6, 6.07) is 5.12. The molecule has 3 rings (SSSR count). The number of nitrogens with zero attached hydrogens (tertiary/aromatic N) is 2. The molecular weight excluding hydrogens is 338 g/mol. The Morgan fingerprint density at radius 1 is 1.24 bits per heavy atom. The van der Waals surface area contributed by atoms with Gasteiger partial charge >= 0.3 is 0 Å².